The first-order valence-electron chi connectivity index (χ1n) is 5.92. The van der Waals surface area contributed by atoms with Gasteiger partial charge in [-0.2, -0.15) is 0 Å². The van der Waals surface area contributed by atoms with Crippen LogP contribution in [0.3, 0.4) is 0 Å². The van der Waals surface area contributed by atoms with Crippen molar-refractivity contribution in [3.05, 3.63) is 64.6 Å². The zero-order chi connectivity index (χ0) is 14.3. The number of hydrogen-bond acceptors (Lipinski definition) is 2. The molecule has 5 heteroatoms. The highest BCUT2D eigenvalue weighted by molar-refractivity contribution is 6.33. The molecule has 3 nitrogen and oxygen atoms in total. The highest BCUT2D eigenvalue weighted by atomic mass is 35.5. The highest BCUT2D eigenvalue weighted by Crippen LogP contribution is 2.25. The Morgan fingerprint density at radius 3 is 2.75 bits per heavy atom. The average Bonchev–Trinajstić information content (AvgIpc) is 2.84. The Balaban J connectivity index is 2.12. The summed E-state index contributed by atoms with van der Waals surface area (Å²) in [6.07, 6.45) is 1.57. The summed E-state index contributed by atoms with van der Waals surface area (Å²) in [6, 6.07) is 8.95. The summed E-state index contributed by atoms with van der Waals surface area (Å²) in [6.45, 7) is 0. The first-order chi connectivity index (χ1) is 9.56. The summed E-state index contributed by atoms with van der Waals surface area (Å²) in [7, 11) is 0. The van der Waals surface area contributed by atoms with Crippen molar-refractivity contribution in [1.82, 2.24) is 4.98 Å². The van der Waals surface area contributed by atoms with Gasteiger partial charge in [-0.15, -0.1) is 0 Å². The van der Waals surface area contributed by atoms with Crippen LogP contribution in [0.4, 0.5) is 10.1 Å². The number of aromatic amines is 1. The summed E-state index contributed by atoms with van der Waals surface area (Å²) in [5.74, 6) is -0.620. The number of nitrogens with two attached hydrogens (primary N) is 1. The van der Waals surface area contributed by atoms with Gasteiger partial charge in [-0.3, -0.25) is 4.79 Å². The second-order valence-electron chi connectivity index (χ2n) is 4.46. The van der Waals surface area contributed by atoms with E-state index in [1.165, 1.54) is 18.2 Å². The Bertz CT molecular complexity index is 826. The van der Waals surface area contributed by atoms with Crippen molar-refractivity contribution in [3.63, 3.8) is 0 Å². The molecule has 1 heterocycles. The predicted octanol–water partition coefficient (Wildman–Crippen LogP) is 3.77. The van der Waals surface area contributed by atoms with Crippen LogP contribution in [-0.4, -0.2) is 10.8 Å². The molecule has 0 bridgehead atoms. The molecule has 1 aromatic heterocycles. The van der Waals surface area contributed by atoms with E-state index in [4.69, 9.17) is 17.3 Å². The molecule has 0 aliphatic heterocycles. The fourth-order valence-electron chi connectivity index (χ4n) is 2.10. The molecule has 20 heavy (non-hydrogen) atoms. The van der Waals surface area contributed by atoms with Gasteiger partial charge in [-0.25, -0.2) is 4.39 Å². The van der Waals surface area contributed by atoms with Gasteiger partial charge in [0.1, 0.15) is 5.82 Å². The number of nitrogens with one attached hydrogen (secondary N) is 1. The van der Waals surface area contributed by atoms with Gasteiger partial charge in [0.15, 0.2) is 5.78 Å². The molecule has 0 unspecified atom stereocenters. The van der Waals surface area contributed by atoms with E-state index >= 15 is 0 Å². The van der Waals surface area contributed by atoms with Crippen LogP contribution in [0.5, 0.6) is 0 Å². The summed E-state index contributed by atoms with van der Waals surface area (Å²) >= 11 is 5.92. The van der Waals surface area contributed by atoms with E-state index in [0.717, 1.165) is 0 Å². The van der Waals surface area contributed by atoms with E-state index in [-0.39, 0.29) is 11.6 Å². The number of halogens is 2. The number of hydrogen-bond donors (Lipinski definition) is 2. The second kappa shape index (κ2) is 4.65. The molecule has 2 aromatic carbocycles. The number of benzene rings is 2. The van der Waals surface area contributed by atoms with Crippen LogP contribution in [0, 0.1) is 5.82 Å². The molecule has 0 saturated heterocycles. The van der Waals surface area contributed by atoms with Crippen molar-refractivity contribution in [2.75, 3.05) is 5.73 Å². The number of anilines is 1. The third kappa shape index (κ3) is 2.04. The molecule has 100 valence electrons. The van der Waals surface area contributed by atoms with Crippen molar-refractivity contribution in [3.8, 4) is 0 Å². The first kappa shape index (κ1) is 12.7. The largest absolute Gasteiger partial charge is 0.398 e. The Kier molecular flexibility index (Phi) is 2.95. The van der Waals surface area contributed by atoms with E-state index < -0.39 is 0 Å². The SMILES string of the molecule is Nc1ccc(C(=O)c2c[nH]c3ccc(F)cc23)cc1Cl. The predicted molar refractivity (Wildman–Crippen MR) is 77.6 cm³/mol. The summed E-state index contributed by atoms with van der Waals surface area (Å²) in [5.41, 5.74) is 7.55. The summed E-state index contributed by atoms with van der Waals surface area (Å²) in [5, 5.41) is 0.866. The van der Waals surface area contributed by atoms with Gasteiger partial charge in [0, 0.05) is 28.2 Å². The number of nitrogen functional groups attached to an aromatic ring is 1. The van der Waals surface area contributed by atoms with Gasteiger partial charge in [0.25, 0.3) is 0 Å². The molecule has 0 fully saturated rings. The smallest absolute Gasteiger partial charge is 0.195 e. The molecule has 0 amide bonds. The van der Waals surface area contributed by atoms with Gasteiger partial charge in [-0.05, 0) is 36.4 Å². The molecular weight excluding hydrogens is 279 g/mol. The van der Waals surface area contributed by atoms with Gasteiger partial charge in [-0.1, -0.05) is 11.6 Å². The van der Waals surface area contributed by atoms with Crippen molar-refractivity contribution >= 4 is 34.0 Å². The minimum atomic E-state index is -0.388. The number of rotatable bonds is 2. The topological polar surface area (TPSA) is 58.9 Å². The average molecular weight is 289 g/mol. The molecule has 0 aliphatic rings. The molecule has 3 rings (SSSR count). The van der Waals surface area contributed by atoms with Gasteiger partial charge < -0.3 is 10.7 Å². The summed E-state index contributed by atoms with van der Waals surface area (Å²) in [4.78, 5) is 15.4. The standard InChI is InChI=1S/C15H10ClFN2O/c16-12-5-8(1-3-13(12)18)15(20)11-7-19-14-4-2-9(17)6-10(11)14/h1-7,19H,18H2. The molecule has 0 atom stereocenters. The third-order valence-corrected chi connectivity index (χ3v) is 3.48. The van der Waals surface area contributed by atoms with Crippen LogP contribution in [0.2, 0.25) is 5.02 Å². The summed E-state index contributed by atoms with van der Waals surface area (Å²) < 4.78 is 13.3. The Morgan fingerprint density at radius 2 is 2.00 bits per heavy atom. The Labute approximate surface area is 119 Å². The van der Waals surface area contributed by atoms with Crippen LogP contribution < -0.4 is 5.73 Å². The highest BCUT2D eigenvalue weighted by Gasteiger charge is 2.15. The third-order valence-electron chi connectivity index (χ3n) is 3.15. The van der Waals surface area contributed by atoms with E-state index in [2.05, 4.69) is 4.98 Å². The maximum absolute atomic E-state index is 13.3. The lowest BCUT2D eigenvalue weighted by atomic mass is 10.0. The van der Waals surface area contributed by atoms with Crippen LogP contribution in [-0.2, 0) is 0 Å². The fraction of sp³-hybridized carbons (Fsp3) is 0. The minimum absolute atomic E-state index is 0.233. The molecule has 0 spiro atoms. The zero-order valence-corrected chi connectivity index (χ0v) is 11.0. The van der Waals surface area contributed by atoms with Crippen LogP contribution in [0.15, 0.2) is 42.6 Å². The molecular formula is C15H10ClFN2O. The lowest BCUT2D eigenvalue weighted by molar-refractivity contribution is 0.104. The molecule has 0 aliphatic carbocycles. The van der Waals surface area contributed by atoms with E-state index in [9.17, 15) is 9.18 Å². The Morgan fingerprint density at radius 1 is 1.20 bits per heavy atom. The fourth-order valence-corrected chi connectivity index (χ4v) is 2.29. The number of carbonyl (C=O) groups is 1. The number of carbonyl (C=O) groups excluding carboxylic acids is 1. The normalized spacial score (nSPS) is 10.9. The van der Waals surface area contributed by atoms with Crippen LogP contribution in [0.1, 0.15) is 15.9 Å². The lowest BCUT2D eigenvalue weighted by Gasteiger charge is -2.03. The minimum Gasteiger partial charge on any atom is -0.398 e. The van der Waals surface area contributed by atoms with Gasteiger partial charge in [0.05, 0.1) is 10.7 Å². The van der Waals surface area contributed by atoms with E-state index in [1.54, 1.807) is 24.4 Å². The number of fused-ring (bicyclic) bond motifs is 1. The van der Waals surface area contributed by atoms with Gasteiger partial charge >= 0.3 is 0 Å². The maximum Gasteiger partial charge on any atom is 0.195 e. The molecule has 0 radical (unpaired) electrons. The van der Waals surface area contributed by atoms with Crippen LogP contribution in [0.25, 0.3) is 10.9 Å². The number of H-pyrrole nitrogens is 1. The zero-order valence-electron chi connectivity index (χ0n) is 10.3. The van der Waals surface area contributed by atoms with E-state index in [0.29, 0.717) is 32.7 Å². The first-order valence-corrected chi connectivity index (χ1v) is 6.30. The van der Waals surface area contributed by atoms with Crippen molar-refractivity contribution in [1.29, 1.82) is 0 Å². The maximum atomic E-state index is 13.3. The quantitative estimate of drug-likeness (QED) is 0.557. The number of aromatic nitrogens is 1. The molecule has 3 aromatic rings. The van der Waals surface area contributed by atoms with E-state index in [1.807, 2.05) is 0 Å². The van der Waals surface area contributed by atoms with Crippen molar-refractivity contribution in [2.24, 2.45) is 0 Å². The van der Waals surface area contributed by atoms with Crippen molar-refractivity contribution < 1.29 is 9.18 Å². The van der Waals surface area contributed by atoms with Crippen molar-refractivity contribution in [2.45, 2.75) is 0 Å². The van der Waals surface area contributed by atoms with Crippen LogP contribution >= 0.6 is 11.6 Å². The second-order valence-corrected chi connectivity index (χ2v) is 4.86. The molecule has 0 saturated carbocycles. The Hall–Kier alpha value is -2.33. The van der Waals surface area contributed by atoms with Gasteiger partial charge in [0.2, 0.25) is 0 Å². The number of ketones is 1. The molecule has 3 N–H and O–H groups in total. The lowest BCUT2D eigenvalue weighted by Crippen LogP contribution is -2.01. The monoisotopic (exact) mass is 288 g/mol.